The number of ketones is 1. The highest BCUT2D eigenvalue weighted by Gasteiger charge is 2.64. The molecule has 27 heavy (non-hydrogen) atoms. The van der Waals surface area contributed by atoms with Gasteiger partial charge in [-0.05, 0) is 43.1 Å². The Balaban J connectivity index is 2.01. The highest BCUT2D eigenvalue weighted by Crippen LogP contribution is 2.62. The largest absolute Gasteiger partial charge is 0.472 e. The first-order chi connectivity index (χ1) is 12.7. The fourth-order valence-electron chi connectivity index (χ4n) is 6.03. The first-order valence-corrected chi connectivity index (χ1v) is 9.66. The molecule has 6 nitrogen and oxygen atoms in total. The standard InChI is InChI=1S/C21H30O6/c1-12-14(10-15(22)13-6-9-27-11-13)20(2)7-5-8-21(3,19(25)26-4)18(20)17(24)16(12)23/h6,9,11-12,14,16-18,23-24H,5,7-8,10H2,1-4H3/t12-,14+,16+,17-,18-,20-,21+/m1/s1. The number of methoxy groups -OCH3 is 1. The summed E-state index contributed by atoms with van der Waals surface area (Å²) in [5, 5.41) is 21.7. The summed E-state index contributed by atoms with van der Waals surface area (Å²) in [6.07, 6.45) is 3.32. The Labute approximate surface area is 159 Å². The Hall–Kier alpha value is -1.66. The van der Waals surface area contributed by atoms with E-state index in [2.05, 4.69) is 6.92 Å². The summed E-state index contributed by atoms with van der Waals surface area (Å²) < 4.78 is 10.1. The van der Waals surface area contributed by atoms with Gasteiger partial charge in [0.1, 0.15) is 6.26 Å². The number of rotatable bonds is 4. The maximum absolute atomic E-state index is 12.8. The van der Waals surface area contributed by atoms with E-state index in [0.29, 0.717) is 12.0 Å². The lowest BCUT2D eigenvalue weighted by Gasteiger charge is -2.61. The monoisotopic (exact) mass is 378 g/mol. The van der Waals surface area contributed by atoms with Gasteiger partial charge in [0.15, 0.2) is 5.78 Å². The van der Waals surface area contributed by atoms with E-state index in [1.807, 2.05) is 13.8 Å². The summed E-state index contributed by atoms with van der Waals surface area (Å²) in [6, 6.07) is 1.64. The van der Waals surface area contributed by atoms with Crippen molar-refractivity contribution in [3.8, 4) is 0 Å². The van der Waals surface area contributed by atoms with Crippen molar-refractivity contribution >= 4 is 11.8 Å². The van der Waals surface area contributed by atoms with E-state index in [-0.39, 0.29) is 30.0 Å². The minimum absolute atomic E-state index is 0.0468. The van der Waals surface area contributed by atoms with E-state index in [4.69, 9.17) is 9.15 Å². The SMILES string of the molecule is COC(=O)[C@@]1(C)CCC[C@@]2(C)[C@H]1[C@H](O)[C@@H](O)[C@H](C)[C@@H]2CC(=O)c1ccoc1. The summed E-state index contributed by atoms with van der Waals surface area (Å²) in [5.41, 5.74) is -0.841. The van der Waals surface area contributed by atoms with Crippen LogP contribution in [0.3, 0.4) is 0 Å². The van der Waals surface area contributed by atoms with Crippen LogP contribution in [0.5, 0.6) is 0 Å². The number of aliphatic hydroxyl groups is 2. The van der Waals surface area contributed by atoms with Gasteiger partial charge in [-0.25, -0.2) is 0 Å². The van der Waals surface area contributed by atoms with E-state index >= 15 is 0 Å². The van der Waals surface area contributed by atoms with Crippen LogP contribution in [0.15, 0.2) is 23.0 Å². The third-order valence-corrected chi connectivity index (χ3v) is 7.42. The van der Waals surface area contributed by atoms with Gasteiger partial charge in [-0.2, -0.15) is 0 Å². The molecule has 1 aromatic rings. The van der Waals surface area contributed by atoms with Gasteiger partial charge in [0.05, 0.1) is 36.6 Å². The molecule has 1 heterocycles. The molecule has 2 aliphatic carbocycles. The maximum Gasteiger partial charge on any atom is 0.311 e. The van der Waals surface area contributed by atoms with Crippen LogP contribution in [0.4, 0.5) is 0 Å². The highest BCUT2D eigenvalue weighted by atomic mass is 16.5. The number of hydrogen-bond acceptors (Lipinski definition) is 6. The Morgan fingerprint density at radius 1 is 1.26 bits per heavy atom. The summed E-state index contributed by atoms with van der Waals surface area (Å²) in [6.45, 7) is 5.76. The number of fused-ring (bicyclic) bond motifs is 1. The first-order valence-electron chi connectivity index (χ1n) is 9.66. The topological polar surface area (TPSA) is 97.0 Å². The lowest BCUT2D eigenvalue weighted by atomic mass is 9.44. The average Bonchev–Trinajstić information content (AvgIpc) is 3.17. The molecule has 0 radical (unpaired) electrons. The molecular weight excluding hydrogens is 348 g/mol. The minimum atomic E-state index is -1.03. The van der Waals surface area contributed by atoms with E-state index in [0.717, 1.165) is 12.8 Å². The number of Topliss-reactive ketones (excluding diaryl/α,β-unsaturated/α-hetero) is 1. The fraction of sp³-hybridized carbons (Fsp3) is 0.714. The van der Waals surface area contributed by atoms with Crippen LogP contribution < -0.4 is 0 Å². The molecule has 6 heteroatoms. The molecule has 3 rings (SSSR count). The molecule has 2 aliphatic rings. The zero-order valence-corrected chi connectivity index (χ0v) is 16.5. The van der Waals surface area contributed by atoms with Crippen LogP contribution in [0.2, 0.25) is 0 Å². The molecule has 0 amide bonds. The highest BCUT2D eigenvalue weighted by molar-refractivity contribution is 5.95. The minimum Gasteiger partial charge on any atom is -0.472 e. The Morgan fingerprint density at radius 2 is 1.96 bits per heavy atom. The molecule has 2 saturated carbocycles. The molecule has 1 aromatic heterocycles. The van der Waals surface area contributed by atoms with Crippen LogP contribution in [0.25, 0.3) is 0 Å². The van der Waals surface area contributed by atoms with E-state index < -0.39 is 29.0 Å². The van der Waals surface area contributed by atoms with Crippen LogP contribution in [-0.4, -0.2) is 41.3 Å². The van der Waals surface area contributed by atoms with Crippen molar-refractivity contribution in [2.45, 2.75) is 58.7 Å². The molecule has 0 aromatic carbocycles. The summed E-state index contributed by atoms with van der Waals surface area (Å²) >= 11 is 0. The third kappa shape index (κ3) is 3.03. The van der Waals surface area contributed by atoms with Gasteiger partial charge < -0.3 is 19.4 Å². The summed E-state index contributed by atoms with van der Waals surface area (Å²) in [7, 11) is 1.35. The molecule has 150 valence electrons. The van der Waals surface area contributed by atoms with E-state index in [9.17, 15) is 19.8 Å². The van der Waals surface area contributed by atoms with Crippen molar-refractivity contribution in [3.05, 3.63) is 24.2 Å². The van der Waals surface area contributed by atoms with Crippen molar-refractivity contribution < 1.29 is 29.0 Å². The van der Waals surface area contributed by atoms with Crippen molar-refractivity contribution in [2.75, 3.05) is 7.11 Å². The molecule has 2 fully saturated rings. The predicted molar refractivity (Wildman–Crippen MR) is 97.9 cm³/mol. The fourth-order valence-corrected chi connectivity index (χ4v) is 6.03. The van der Waals surface area contributed by atoms with Gasteiger partial charge in [0.25, 0.3) is 0 Å². The third-order valence-electron chi connectivity index (χ3n) is 7.42. The van der Waals surface area contributed by atoms with Gasteiger partial charge in [-0.15, -0.1) is 0 Å². The van der Waals surface area contributed by atoms with Crippen molar-refractivity contribution in [3.63, 3.8) is 0 Å². The van der Waals surface area contributed by atoms with Gasteiger partial charge in [0, 0.05) is 12.3 Å². The van der Waals surface area contributed by atoms with Gasteiger partial charge in [-0.1, -0.05) is 20.3 Å². The van der Waals surface area contributed by atoms with Gasteiger partial charge >= 0.3 is 5.97 Å². The van der Waals surface area contributed by atoms with E-state index in [1.54, 1.807) is 6.07 Å². The number of carbonyl (C=O) groups excluding carboxylic acids is 2. The molecule has 0 spiro atoms. The predicted octanol–water partition coefficient (Wildman–Crippen LogP) is 2.83. The molecule has 7 atom stereocenters. The Kier molecular flexibility index (Phi) is 5.25. The van der Waals surface area contributed by atoms with Crippen LogP contribution in [0, 0.1) is 28.6 Å². The van der Waals surface area contributed by atoms with Crippen LogP contribution >= 0.6 is 0 Å². The molecule has 0 saturated heterocycles. The number of hydrogen-bond donors (Lipinski definition) is 2. The number of carbonyl (C=O) groups is 2. The second-order valence-electron chi connectivity index (χ2n) is 8.83. The van der Waals surface area contributed by atoms with Crippen LogP contribution in [-0.2, 0) is 9.53 Å². The number of ether oxygens (including phenoxy) is 1. The summed E-state index contributed by atoms with van der Waals surface area (Å²) in [4.78, 5) is 25.4. The van der Waals surface area contributed by atoms with Crippen molar-refractivity contribution in [2.24, 2.45) is 28.6 Å². The van der Waals surface area contributed by atoms with Gasteiger partial charge in [-0.3, -0.25) is 9.59 Å². The number of esters is 1. The normalized spacial score (nSPS) is 41.6. The lowest BCUT2D eigenvalue weighted by Crippen LogP contribution is -2.64. The maximum atomic E-state index is 12.8. The van der Waals surface area contributed by atoms with Crippen molar-refractivity contribution in [1.82, 2.24) is 0 Å². The zero-order valence-electron chi connectivity index (χ0n) is 16.5. The second kappa shape index (κ2) is 7.06. The molecule has 0 aliphatic heterocycles. The quantitative estimate of drug-likeness (QED) is 0.618. The Morgan fingerprint density at radius 3 is 2.56 bits per heavy atom. The second-order valence-corrected chi connectivity index (χ2v) is 8.83. The van der Waals surface area contributed by atoms with E-state index in [1.165, 1.54) is 19.6 Å². The molecule has 0 unspecified atom stereocenters. The smallest absolute Gasteiger partial charge is 0.311 e. The van der Waals surface area contributed by atoms with Crippen LogP contribution in [0.1, 0.15) is 56.8 Å². The molecular formula is C21H30O6. The Bertz CT molecular complexity index is 698. The number of furan rings is 1. The summed E-state index contributed by atoms with van der Waals surface area (Å²) in [5.74, 6) is -1.31. The average molecular weight is 378 g/mol. The molecule has 0 bridgehead atoms. The first kappa shape index (κ1) is 20.1. The molecule has 2 N–H and O–H groups in total. The lowest BCUT2D eigenvalue weighted by molar-refractivity contribution is -0.218. The zero-order chi connectivity index (χ0) is 20.0. The van der Waals surface area contributed by atoms with Gasteiger partial charge in [0.2, 0.25) is 0 Å². The van der Waals surface area contributed by atoms with Crippen molar-refractivity contribution in [1.29, 1.82) is 0 Å². The number of aliphatic hydroxyl groups excluding tert-OH is 2.